The van der Waals surface area contributed by atoms with Gasteiger partial charge in [0.1, 0.15) is 5.54 Å². The predicted molar refractivity (Wildman–Crippen MR) is 58.5 cm³/mol. The molecule has 0 bridgehead atoms. The van der Waals surface area contributed by atoms with Gasteiger partial charge in [-0.15, -0.1) is 0 Å². The van der Waals surface area contributed by atoms with Gasteiger partial charge in [0, 0.05) is 6.04 Å². The van der Waals surface area contributed by atoms with Gasteiger partial charge in [-0.2, -0.15) is 0 Å². The summed E-state index contributed by atoms with van der Waals surface area (Å²) in [5, 5.41) is 12.2. The number of carbonyl (C=O) groups is 1. The van der Waals surface area contributed by atoms with Gasteiger partial charge < -0.3 is 5.11 Å². The summed E-state index contributed by atoms with van der Waals surface area (Å²) < 4.78 is 0. The van der Waals surface area contributed by atoms with Gasteiger partial charge in [-0.05, 0) is 26.7 Å². The van der Waals surface area contributed by atoms with E-state index in [0.717, 1.165) is 19.3 Å². The van der Waals surface area contributed by atoms with Gasteiger partial charge in [0.25, 0.3) is 0 Å². The van der Waals surface area contributed by atoms with E-state index < -0.39 is 11.5 Å². The van der Waals surface area contributed by atoms with E-state index in [4.69, 9.17) is 5.11 Å². The molecule has 0 fully saturated rings. The predicted octanol–water partition coefficient (Wildman–Crippen LogP) is 2.41. The molecule has 2 N–H and O–H groups in total. The molecule has 14 heavy (non-hydrogen) atoms. The van der Waals surface area contributed by atoms with Crippen molar-refractivity contribution in [2.24, 2.45) is 0 Å². The van der Waals surface area contributed by atoms with E-state index >= 15 is 0 Å². The summed E-state index contributed by atoms with van der Waals surface area (Å²) in [4.78, 5) is 11.0. The number of aliphatic carboxylic acids is 1. The first-order valence-corrected chi connectivity index (χ1v) is 5.47. The second-order valence-electron chi connectivity index (χ2n) is 4.18. The highest BCUT2D eigenvalue weighted by Gasteiger charge is 2.31. The number of carboxylic acid groups (broad SMARTS) is 1. The lowest BCUT2D eigenvalue weighted by molar-refractivity contribution is -0.144. The third-order valence-electron chi connectivity index (χ3n) is 2.73. The molecule has 2 atom stereocenters. The summed E-state index contributed by atoms with van der Waals surface area (Å²) in [6, 6.07) is 0.274. The molecule has 0 radical (unpaired) electrons. The molecule has 0 saturated carbocycles. The van der Waals surface area contributed by atoms with Crippen LogP contribution in [0.2, 0.25) is 0 Å². The number of unbranched alkanes of at least 4 members (excludes halogenated alkanes) is 1. The molecular formula is C11H23NO2. The highest BCUT2D eigenvalue weighted by Crippen LogP contribution is 2.12. The van der Waals surface area contributed by atoms with Crippen molar-refractivity contribution in [2.75, 3.05) is 0 Å². The van der Waals surface area contributed by atoms with Gasteiger partial charge in [0.15, 0.2) is 0 Å². The molecular weight excluding hydrogens is 178 g/mol. The van der Waals surface area contributed by atoms with Crippen LogP contribution >= 0.6 is 0 Å². The number of rotatable bonds is 7. The van der Waals surface area contributed by atoms with E-state index in [-0.39, 0.29) is 6.04 Å². The minimum absolute atomic E-state index is 0.274. The van der Waals surface area contributed by atoms with E-state index in [2.05, 4.69) is 12.2 Å². The smallest absolute Gasteiger partial charge is 0.323 e. The maximum atomic E-state index is 11.0. The first-order chi connectivity index (χ1) is 6.46. The van der Waals surface area contributed by atoms with Crippen LogP contribution in [-0.4, -0.2) is 22.7 Å². The Labute approximate surface area is 86.9 Å². The van der Waals surface area contributed by atoms with Crippen LogP contribution in [0, 0.1) is 0 Å². The molecule has 0 aromatic rings. The highest BCUT2D eigenvalue weighted by molar-refractivity contribution is 5.78. The summed E-state index contributed by atoms with van der Waals surface area (Å²) in [5.41, 5.74) is -0.771. The SMILES string of the molecule is CCCCC(C)NC(C)(CC)C(=O)O. The van der Waals surface area contributed by atoms with Gasteiger partial charge in [0.2, 0.25) is 0 Å². The Morgan fingerprint density at radius 3 is 2.43 bits per heavy atom. The van der Waals surface area contributed by atoms with Crippen LogP contribution in [0.5, 0.6) is 0 Å². The van der Waals surface area contributed by atoms with Gasteiger partial charge in [0.05, 0.1) is 0 Å². The van der Waals surface area contributed by atoms with E-state index in [1.54, 1.807) is 6.92 Å². The van der Waals surface area contributed by atoms with Crippen LogP contribution in [0.25, 0.3) is 0 Å². The highest BCUT2D eigenvalue weighted by atomic mass is 16.4. The standard InChI is InChI=1S/C11H23NO2/c1-5-7-8-9(3)12-11(4,6-2)10(13)14/h9,12H,5-8H2,1-4H3,(H,13,14). The Hall–Kier alpha value is -0.570. The van der Waals surface area contributed by atoms with Crippen LogP contribution in [-0.2, 0) is 4.79 Å². The third kappa shape index (κ3) is 4.09. The first kappa shape index (κ1) is 13.4. The fourth-order valence-electron chi connectivity index (χ4n) is 1.44. The summed E-state index contributed by atoms with van der Waals surface area (Å²) in [7, 11) is 0. The summed E-state index contributed by atoms with van der Waals surface area (Å²) >= 11 is 0. The van der Waals surface area contributed by atoms with Crippen LogP contribution in [0.1, 0.15) is 53.4 Å². The average molecular weight is 201 g/mol. The largest absolute Gasteiger partial charge is 0.480 e. The van der Waals surface area contributed by atoms with Crippen LogP contribution in [0.4, 0.5) is 0 Å². The van der Waals surface area contributed by atoms with Crippen LogP contribution in [0.3, 0.4) is 0 Å². The zero-order valence-electron chi connectivity index (χ0n) is 9.76. The maximum Gasteiger partial charge on any atom is 0.323 e. The molecule has 0 aliphatic carbocycles. The van der Waals surface area contributed by atoms with Crippen molar-refractivity contribution in [1.29, 1.82) is 0 Å². The zero-order valence-corrected chi connectivity index (χ0v) is 9.76. The molecule has 0 saturated heterocycles. The van der Waals surface area contributed by atoms with Gasteiger partial charge in [-0.1, -0.05) is 26.7 Å². The lowest BCUT2D eigenvalue weighted by atomic mass is 9.97. The fraction of sp³-hybridized carbons (Fsp3) is 0.909. The number of carboxylic acids is 1. The number of hydrogen-bond donors (Lipinski definition) is 2. The van der Waals surface area contributed by atoms with E-state index in [1.807, 2.05) is 13.8 Å². The second kappa shape index (κ2) is 6.02. The topological polar surface area (TPSA) is 49.3 Å². The Morgan fingerprint density at radius 2 is 2.07 bits per heavy atom. The Morgan fingerprint density at radius 1 is 1.50 bits per heavy atom. The maximum absolute atomic E-state index is 11.0. The zero-order chi connectivity index (χ0) is 11.2. The minimum Gasteiger partial charge on any atom is -0.480 e. The molecule has 0 heterocycles. The van der Waals surface area contributed by atoms with Crippen LogP contribution < -0.4 is 5.32 Å². The lowest BCUT2D eigenvalue weighted by Gasteiger charge is -2.28. The van der Waals surface area contributed by atoms with E-state index in [1.165, 1.54) is 0 Å². The molecule has 0 aromatic carbocycles. The molecule has 0 rings (SSSR count). The number of hydrogen-bond acceptors (Lipinski definition) is 2. The lowest BCUT2D eigenvalue weighted by Crippen LogP contribution is -2.52. The minimum atomic E-state index is -0.771. The van der Waals surface area contributed by atoms with Crippen molar-refractivity contribution in [3.05, 3.63) is 0 Å². The molecule has 84 valence electrons. The summed E-state index contributed by atoms with van der Waals surface area (Å²) in [6.07, 6.45) is 3.95. The van der Waals surface area contributed by atoms with Crippen molar-refractivity contribution < 1.29 is 9.90 Å². The first-order valence-electron chi connectivity index (χ1n) is 5.47. The van der Waals surface area contributed by atoms with Gasteiger partial charge in [-0.25, -0.2) is 0 Å². The van der Waals surface area contributed by atoms with E-state index in [0.29, 0.717) is 6.42 Å². The van der Waals surface area contributed by atoms with Gasteiger partial charge in [-0.3, -0.25) is 10.1 Å². The Bertz CT molecular complexity index is 182. The molecule has 0 spiro atoms. The second-order valence-corrected chi connectivity index (χ2v) is 4.18. The van der Waals surface area contributed by atoms with Gasteiger partial charge >= 0.3 is 5.97 Å². The Kier molecular flexibility index (Phi) is 5.77. The monoisotopic (exact) mass is 201 g/mol. The Balaban J connectivity index is 4.10. The normalized spacial score (nSPS) is 17.4. The molecule has 0 aliphatic rings. The average Bonchev–Trinajstić information content (AvgIpc) is 2.14. The van der Waals surface area contributed by atoms with Crippen molar-refractivity contribution in [2.45, 2.75) is 65.0 Å². The van der Waals surface area contributed by atoms with Crippen LogP contribution in [0.15, 0.2) is 0 Å². The van der Waals surface area contributed by atoms with Crippen molar-refractivity contribution >= 4 is 5.97 Å². The van der Waals surface area contributed by atoms with E-state index in [9.17, 15) is 4.79 Å². The van der Waals surface area contributed by atoms with Crippen molar-refractivity contribution in [1.82, 2.24) is 5.32 Å². The van der Waals surface area contributed by atoms with Crippen molar-refractivity contribution in [3.8, 4) is 0 Å². The molecule has 0 aromatic heterocycles. The number of nitrogens with one attached hydrogen (secondary N) is 1. The summed E-state index contributed by atoms with van der Waals surface area (Å²) in [6.45, 7) is 7.83. The molecule has 3 heteroatoms. The molecule has 0 aliphatic heterocycles. The molecule has 2 unspecified atom stereocenters. The quantitative estimate of drug-likeness (QED) is 0.665. The molecule has 0 amide bonds. The summed E-state index contributed by atoms with van der Waals surface area (Å²) in [5.74, 6) is -0.761. The molecule has 3 nitrogen and oxygen atoms in total. The van der Waals surface area contributed by atoms with Crippen molar-refractivity contribution in [3.63, 3.8) is 0 Å². The fourth-order valence-corrected chi connectivity index (χ4v) is 1.44. The third-order valence-corrected chi connectivity index (χ3v) is 2.73.